The van der Waals surface area contributed by atoms with Crippen LogP contribution in [-0.2, 0) is 11.2 Å². The molecule has 0 aliphatic carbocycles. The third kappa shape index (κ3) is 3.40. The van der Waals surface area contributed by atoms with Crippen molar-refractivity contribution in [1.82, 2.24) is 4.98 Å². The highest BCUT2D eigenvalue weighted by molar-refractivity contribution is 6.15. The van der Waals surface area contributed by atoms with Gasteiger partial charge in [0.25, 0.3) is 0 Å². The van der Waals surface area contributed by atoms with Crippen LogP contribution in [0.2, 0.25) is 0 Å². The number of ketones is 1. The Balaban J connectivity index is 1.95. The van der Waals surface area contributed by atoms with Gasteiger partial charge in [0.15, 0.2) is 5.78 Å². The molecule has 0 fully saturated rings. The number of ether oxygens (including phenoxy) is 1. The molecule has 0 radical (unpaired) electrons. The second-order valence-electron chi connectivity index (χ2n) is 6.96. The number of carbonyl (C=O) groups excluding carboxylic acids is 2. The first-order valence-electron chi connectivity index (χ1n) is 8.44. The predicted molar refractivity (Wildman–Crippen MR) is 95.8 cm³/mol. The Morgan fingerprint density at radius 3 is 2.80 bits per heavy atom. The van der Waals surface area contributed by atoms with E-state index in [-0.39, 0.29) is 11.7 Å². The summed E-state index contributed by atoms with van der Waals surface area (Å²) in [5.74, 6) is -0.421. The molecule has 0 saturated carbocycles. The van der Waals surface area contributed by atoms with Crippen LogP contribution in [0.4, 0.5) is 5.82 Å². The van der Waals surface area contributed by atoms with Crippen LogP contribution in [0, 0.1) is 11.3 Å². The molecule has 0 spiro atoms. The van der Waals surface area contributed by atoms with Crippen molar-refractivity contribution < 1.29 is 14.3 Å². The van der Waals surface area contributed by atoms with Gasteiger partial charge in [0.1, 0.15) is 17.5 Å². The molecule has 1 unspecified atom stereocenters. The molecule has 25 heavy (non-hydrogen) atoms. The number of Topliss-reactive ketones (excluding diaryl/α,β-unsaturated/α-hetero) is 1. The van der Waals surface area contributed by atoms with Crippen LogP contribution in [0.3, 0.4) is 0 Å². The normalized spacial score (nSPS) is 18.7. The van der Waals surface area contributed by atoms with Gasteiger partial charge in [0.2, 0.25) is 5.91 Å². The van der Waals surface area contributed by atoms with Gasteiger partial charge in [0.05, 0.1) is 12.2 Å². The van der Waals surface area contributed by atoms with E-state index < -0.39 is 11.3 Å². The number of fused-ring (bicyclic) bond motifs is 1. The fourth-order valence-corrected chi connectivity index (χ4v) is 3.08. The number of amides is 1. The number of carbonyl (C=O) groups is 2. The molecule has 5 heteroatoms. The maximum absolute atomic E-state index is 13.1. The fourth-order valence-electron chi connectivity index (χ4n) is 3.08. The van der Waals surface area contributed by atoms with Gasteiger partial charge in [-0.25, -0.2) is 4.98 Å². The number of aromatic nitrogens is 1. The third-order valence-electron chi connectivity index (χ3n) is 4.54. The first kappa shape index (κ1) is 17.1. The summed E-state index contributed by atoms with van der Waals surface area (Å²) in [7, 11) is 0. The summed E-state index contributed by atoms with van der Waals surface area (Å²) < 4.78 is 5.89. The summed E-state index contributed by atoms with van der Waals surface area (Å²) in [6.45, 7) is 6.09. The Morgan fingerprint density at radius 1 is 1.32 bits per heavy atom. The lowest BCUT2D eigenvalue weighted by molar-refractivity contribution is -0.121. The zero-order valence-corrected chi connectivity index (χ0v) is 14.7. The molecule has 1 N–H and O–H groups in total. The van der Waals surface area contributed by atoms with E-state index in [1.165, 1.54) is 0 Å². The molecule has 5 nitrogen and oxygen atoms in total. The summed E-state index contributed by atoms with van der Waals surface area (Å²) in [5, 5.41) is 2.75. The minimum atomic E-state index is -0.844. The molecule has 1 atom stereocenters. The van der Waals surface area contributed by atoms with Gasteiger partial charge in [-0.15, -0.1) is 0 Å². The van der Waals surface area contributed by atoms with Crippen LogP contribution in [0.25, 0.3) is 0 Å². The standard InChI is InChI=1S/C20H22N2O3/c1-4-13-8-9-14-15(11-13)25-12-20(2,3)17(18(14)23)19(24)22-16-7-5-6-10-21-16/h5-11,17H,4,12H2,1-3H3,(H,21,22,24). The SMILES string of the molecule is CCc1ccc2c(c1)OCC(C)(C)C(C(=O)Nc1ccccn1)C2=O. The fraction of sp³-hybridized carbons (Fsp3) is 0.350. The van der Waals surface area contributed by atoms with Crippen molar-refractivity contribution in [3.05, 3.63) is 53.7 Å². The average molecular weight is 338 g/mol. The first-order valence-corrected chi connectivity index (χ1v) is 8.44. The molecule has 130 valence electrons. The molecule has 3 rings (SSSR count). The zero-order valence-electron chi connectivity index (χ0n) is 14.7. The van der Waals surface area contributed by atoms with Crippen LogP contribution in [0.1, 0.15) is 36.7 Å². The number of benzene rings is 1. The van der Waals surface area contributed by atoms with Crippen LogP contribution in [0.15, 0.2) is 42.6 Å². The lowest BCUT2D eigenvalue weighted by Crippen LogP contribution is -2.42. The van der Waals surface area contributed by atoms with E-state index in [4.69, 9.17) is 4.74 Å². The Bertz CT molecular complexity index is 800. The van der Waals surface area contributed by atoms with Gasteiger partial charge in [-0.3, -0.25) is 9.59 Å². The number of nitrogens with zero attached hydrogens (tertiary/aromatic N) is 1. The molecule has 1 amide bonds. The van der Waals surface area contributed by atoms with Crippen LogP contribution in [0.5, 0.6) is 5.75 Å². The van der Waals surface area contributed by atoms with E-state index in [1.807, 2.05) is 32.9 Å². The van der Waals surface area contributed by atoms with Gasteiger partial charge < -0.3 is 10.1 Å². The number of hydrogen-bond donors (Lipinski definition) is 1. The van der Waals surface area contributed by atoms with Crippen molar-refractivity contribution in [2.75, 3.05) is 11.9 Å². The van der Waals surface area contributed by atoms with Crippen molar-refractivity contribution >= 4 is 17.5 Å². The van der Waals surface area contributed by atoms with E-state index in [0.717, 1.165) is 12.0 Å². The number of anilines is 1. The maximum Gasteiger partial charge on any atom is 0.237 e. The largest absolute Gasteiger partial charge is 0.492 e. The van der Waals surface area contributed by atoms with Gasteiger partial charge >= 0.3 is 0 Å². The second kappa shape index (κ2) is 6.67. The van der Waals surface area contributed by atoms with Crippen molar-refractivity contribution in [1.29, 1.82) is 0 Å². The Morgan fingerprint density at radius 2 is 2.12 bits per heavy atom. The predicted octanol–water partition coefficient (Wildman–Crippen LogP) is 3.50. The highest BCUT2D eigenvalue weighted by Gasteiger charge is 2.44. The number of rotatable bonds is 3. The van der Waals surface area contributed by atoms with E-state index >= 15 is 0 Å². The summed E-state index contributed by atoms with van der Waals surface area (Å²) in [5.41, 5.74) is 0.922. The van der Waals surface area contributed by atoms with E-state index in [0.29, 0.717) is 23.7 Å². The van der Waals surface area contributed by atoms with Gasteiger partial charge in [0, 0.05) is 11.6 Å². The molecule has 1 aliphatic heterocycles. The number of pyridine rings is 1. The maximum atomic E-state index is 13.1. The molecule has 0 bridgehead atoms. The van der Waals surface area contributed by atoms with Crippen LogP contribution in [-0.4, -0.2) is 23.3 Å². The van der Waals surface area contributed by atoms with Gasteiger partial charge in [-0.05, 0) is 36.2 Å². The lowest BCUT2D eigenvalue weighted by atomic mass is 9.75. The van der Waals surface area contributed by atoms with Crippen molar-refractivity contribution in [3.63, 3.8) is 0 Å². The Labute approximate surface area is 147 Å². The molecule has 1 aromatic heterocycles. The zero-order chi connectivity index (χ0) is 18.0. The molecule has 0 saturated heterocycles. The molecule has 2 aromatic rings. The lowest BCUT2D eigenvalue weighted by Gasteiger charge is -2.29. The minimum absolute atomic E-state index is 0.214. The van der Waals surface area contributed by atoms with E-state index in [1.54, 1.807) is 30.5 Å². The Kier molecular flexibility index (Phi) is 4.57. The number of hydrogen-bond acceptors (Lipinski definition) is 4. The summed E-state index contributed by atoms with van der Waals surface area (Å²) in [4.78, 5) is 30.1. The smallest absolute Gasteiger partial charge is 0.237 e. The van der Waals surface area contributed by atoms with Crippen molar-refractivity contribution in [2.24, 2.45) is 11.3 Å². The molecular weight excluding hydrogens is 316 g/mol. The minimum Gasteiger partial charge on any atom is -0.492 e. The number of nitrogens with one attached hydrogen (secondary N) is 1. The first-order chi connectivity index (χ1) is 11.9. The second-order valence-corrected chi connectivity index (χ2v) is 6.96. The summed E-state index contributed by atoms with van der Waals surface area (Å²) >= 11 is 0. The molecular formula is C20H22N2O3. The van der Waals surface area contributed by atoms with Gasteiger partial charge in [-0.2, -0.15) is 0 Å². The molecule has 2 heterocycles. The topological polar surface area (TPSA) is 68.3 Å². The summed E-state index contributed by atoms with van der Waals surface area (Å²) in [6, 6.07) is 10.8. The van der Waals surface area contributed by atoms with Crippen LogP contribution >= 0.6 is 0 Å². The van der Waals surface area contributed by atoms with E-state index in [9.17, 15) is 9.59 Å². The highest BCUT2D eigenvalue weighted by atomic mass is 16.5. The van der Waals surface area contributed by atoms with E-state index in [2.05, 4.69) is 10.3 Å². The third-order valence-corrected chi connectivity index (χ3v) is 4.54. The quantitative estimate of drug-likeness (QED) is 0.870. The molecule has 1 aliphatic rings. The van der Waals surface area contributed by atoms with Crippen LogP contribution < -0.4 is 10.1 Å². The average Bonchev–Trinajstić information content (AvgIpc) is 2.69. The summed E-state index contributed by atoms with van der Waals surface area (Å²) in [6.07, 6.45) is 2.46. The van der Waals surface area contributed by atoms with Crippen molar-refractivity contribution in [2.45, 2.75) is 27.2 Å². The molecule has 1 aromatic carbocycles. The number of aryl methyl sites for hydroxylation is 1. The van der Waals surface area contributed by atoms with Crippen molar-refractivity contribution in [3.8, 4) is 5.75 Å². The monoisotopic (exact) mass is 338 g/mol. The highest BCUT2D eigenvalue weighted by Crippen LogP contribution is 2.38. The Hall–Kier alpha value is -2.69. The van der Waals surface area contributed by atoms with Gasteiger partial charge in [-0.1, -0.05) is 32.9 Å².